The highest BCUT2D eigenvalue weighted by molar-refractivity contribution is 8.01. The third kappa shape index (κ3) is 4.84. The number of rotatable bonds is 7. The molecule has 5 heteroatoms. The molecule has 2 rings (SSSR count). The molecule has 1 heterocycles. The summed E-state index contributed by atoms with van der Waals surface area (Å²) in [6, 6.07) is 0. The Hall–Kier alpha value is 0.157. The molecule has 0 aromatic heterocycles. The first-order chi connectivity index (χ1) is 12.4. The maximum atomic E-state index is 13.1. The molecule has 2 fully saturated rings. The minimum absolute atomic E-state index is 0.0893. The van der Waals surface area contributed by atoms with Gasteiger partial charge in [-0.2, -0.15) is 0 Å². The number of hydrogen-bond acceptors (Lipinski definition) is 4. The van der Waals surface area contributed by atoms with Crippen molar-refractivity contribution in [1.29, 1.82) is 0 Å². The number of Topliss-reactive ketones (excluding diaryl/α,β-unsaturated/α-hetero) is 1. The van der Waals surface area contributed by atoms with Crippen LogP contribution in [0.3, 0.4) is 0 Å². The summed E-state index contributed by atoms with van der Waals surface area (Å²) >= 11 is 1.72. The van der Waals surface area contributed by atoms with Gasteiger partial charge in [-0.05, 0) is 41.3 Å². The lowest BCUT2D eigenvalue weighted by Crippen LogP contribution is -2.53. The molecular formula is C22H42O3SSi. The lowest BCUT2D eigenvalue weighted by atomic mass is 9.75. The topological polar surface area (TPSA) is 35.5 Å². The van der Waals surface area contributed by atoms with Gasteiger partial charge >= 0.3 is 0 Å². The van der Waals surface area contributed by atoms with Crippen LogP contribution in [-0.4, -0.2) is 37.0 Å². The maximum Gasteiger partial charge on any atom is 0.200 e. The Balaban J connectivity index is 2.09. The first-order valence-corrected chi connectivity index (χ1v) is 13.9. The van der Waals surface area contributed by atoms with E-state index in [-0.39, 0.29) is 28.7 Å². The molecule has 4 atom stereocenters. The molecule has 0 aromatic rings. The van der Waals surface area contributed by atoms with E-state index in [2.05, 4.69) is 62.3 Å². The molecule has 0 aromatic carbocycles. The number of hydrogen-bond donors (Lipinski definition) is 0. The van der Waals surface area contributed by atoms with Crippen molar-refractivity contribution in [2.45, 2.75) is 114 Å². The van der Waals surface area contributed by atoms with Crippen molar-refractivity contribution in [3.63, 3.8) is 0 Å². The van der Waals surface area contributed by atoms with Crippen molar-refractivity contribution in [3.05, 3.63) is 0 Å². The van der Waals surface area contributed by atoms with Crippen LogP contribution in [0, 0.1) is 11.8 Å². The molecule has 158 valence electrons. The monoisotopic (exact) mass is 414 g/mol. The quantitative estimate of drug-likeness (QED) is 0.450. The second-order valence-corrected chi connectivity index (χ2v) is 17.5. The number of carbonyl (C=O) groups excluding carboxylic acids is 1. The van der Waals surface area contributed by atoms with E-state index in [9.17, 15) is 4.79 Å². The second-order valence-electron chi connectivity index (χ2n) is 10.3. The lowest BCUT2D eigenvalue weighted by molar-refractivity contribution is -0.136. The molecule has 0 N–H and O–H groups in total. The van der Waals surface area contributed by atoms with Crippen molar-refractivity contribution in [3.8, 4) is 0 Å². The predicted molar refractivity (Wildman–Crippen MR) is 119 cm³/mol. The van der Waals surface area contributed by atoms with E-state index < -0.39 is 8.32 Å². The Morgan fingerprint density at radius 2 is 1.67 bits per heavy atom. The van der Waals surface area contributed by atoms with Crippen LogP contribution in [0.1, 0.15) is 81.6 Å². The fourth-order valence-electron chi connectivity index (χ4n) is 5.73. The standard InChI is InChI=1S/C22H42O3SSi/c1-14(2)27(15(3)4,16(5)6)24-13-19(23)21-25-20-12-17(7)10-11-18(20)22(8,9)26-21/h14-18,20-21H,10-13H2,1-9H3/t17-,18-,20-,21-/m1/s1. The van der Waals surface area contributed by atoms with Gasteiger partial charge in [-0.3, -0.25) is 4.79 Å². The largest absolute Gasteiger partial charge is 0.409 e. The summed E-state index contributed by atoms with van der Waals surface area (Å²) in [7, 11) is -2.02. The Kier molecular flexibility index (Phi) is 7.71. The number of ketones is 1. The number of ether oxygens (including phenoxy) is 1. The summed E-state index contributed by atoms with van der Waals surface area (Å²) in [6.07, 6.45) is 3.80. The highest BCUT2D eigenvalue weighted by atomic mass is 32.2. The summed E-state index contributed by atoms with van der Waals surface area (Å²) in [5.41, 5.74) is 1.10. The minimum Gasteiger partial charge on any atom is -0.409 e. The van der Waals surface area contributed by atoms with Crippen LogP contribution in [0.15, 0.2) is 0 Å². The molecule has 27 heavy (non-hydrogen) atoms. The zero-order valence-electron chi connectivity index (χ0n) is 19.0. The fraction of sp³-hybridized carbons (Fsp3) is 0.955. The van der Waals surface area contributed by atoms with Gasteiger partial charge in [0.05, 0.1) is 12.7 Å². The van der Waals surface area contributed by atoms with E-state index in [4.69, 9.17) is 9.16 Å². The van der Waals surface area contributed by atoms with Crippen molar-refractivity contribution < 1.29 is 14.0 Å². The summed E-state index contributed by atoms with van der Waals surface area (Å²) < 4.78 is 13.0. The van der Waals surface area contributed by atoms with E-state index in [0.717, 1.165) is 6.42 Å². The summed E-state index contributed by atoms with van der Waals surface area (Å²) in [4.78, 5) is 13.1. The van der Waals surface area contributed by atoms with E-state index in [1.807, 2.05) is 0 Å². The molecule has 0 bridgehead atoms. The molecule has 1 aliphatic carbocycles. The highest BCUT2D eigenvalue weighted by Gasteiger charge is 2.49. The van der Waals surface area contributed by atoms with Crippen LogP contribution in [0.2, 0.25) is 16.6 Å². The van der Waals surface area contributed by atoms with Crippen LogP contribution in [-0.2, 0) is 14.0 Å². The third-order valence-electron chi connectivity index (χ3n) is 7.09. The average molecular weight is 415 g/mol. The lowest BCUT2D eigenvalue weighted by Gasteiger charge is -2.50. The van der Waals surface area contributed by atoms with Crippen molar-refractivity contribution >= 4 is 25.9 Å². The second kappa shape index (κ2) is 8.89. The van der Waals surface area contributed by atoms with Gasteiger partial charge in [-0.15, -0.1) is 11.8 Å². The highest BCUT2D eigenvalue weighted by Crippen LogP contribution is 2.50. The number of thioether (sulfide) groups is 1. The zero-order valence-corrected chi connectivity index (χ0v) is 20.8. The SMILES string of the molecule is CC(C)[Si](OCC(=O)[C@@H]1O[C@@H]2C[C@H](C)CC[C@H]2C(C)(C)S1)(C(C)C)C(C)C. The van der Waals surface area contributed by atoms with Crippen LogP contribution >= 0.6 is 11.8 Å². The Labute approximate surface area is 172 Å². The molecule has 0 unspecified atom stereocenters. The van der Waals surface area contributed by atoms with Gasteiger partial charge in [-0.25, -0.2) is 0 Å². The molecule has 1 saturated heterocycles. The normalized spacial score (nSPS) is 31.4. The van der Waals surface area contributed by atoms with Crippen molar-refractivity contribution in [2.24, 2.45) is 11.8 Å². The maximum absolute atomic E-state index is 13.1. The molecule has 1 aliphatic heterocycles. The van der Waals surface area contributed by atoms with E-state index >= 15 is 0 Å². The van der Waals surface area contributed by atoms with Gasteiger partial charge in [0.1, 0.15) is 0 Å². The predicted octanol–water partition coefficient (Wildman–Crippen LogP) is 6.42. The van der Waals surface area contributed by atoms with E-state index in [1.54, 1.807) is 11.8 Å². The summed E-state index contributed by atoms with van der Waals surface area (Å²) in [6.45, 7) is 20.7. The minimum atomic E-state index is -2.02. The van der Waals surface area contributed by atoms with Gasteiger partial charge < -0.3 is 9.16 Å². The Morgan fingerprint density at radius 3 is 2.19 bits per heavy atom. The Bertz CT molecular complexity index is 496. The molecular weight excluding hydrogens is 372 g/mol. The van der Waals surface area contributed by atoms with Crippen molar-refractivity contribution in [2.75, 3.05) is 6.61 Å². The molecule has 3 nitrogen and oxygen atoms in total. The Morgan fingerprint density at radius 1 is 1.11 bits per heavy atom. The molecule has 0 spiro atoms. The smallest absolute Gasteiger partial charge is 0.200 e. The van der Waals surface area contributed by atoms with Gasteiger partial charge in [0.25, 0.3) is 0 Å². The van der Waals surface area contributed by atoms with E-state index in [1.165, 1.54) is 12.8 Å². The van der Waals surface area contributed by atoms with Crippen LogP contribution < -0.4 is 0 Å². The zero-order chi connectivity index (χ0) is 20.6. The molecule has 0 amide bonds. The van der Waals surface area contributed by atoms with Gasteiger partial charge in [-0.1, -0.05) is 68.7 Å². The van der Waals surface area contributed by atoms with Crippen LogP contribution in [0.4, 0.5) is 0 Å². The van der Waals surface area contributed by atoms with Crippen molar-refractivity contribution in [1.82, 2.24) is 0 Å². The number of carbonyl (C=O) groups is 1. The van der Waals surface area contributed by atoms with Gasteiger partial charge in [0.15, 0.2) is 11.2 Å². The third-order valence-corrected chi connectivity index (χ3v) is 14.6. The molecule has 2 aliphatic rings. The molecule has 1 saturated carbocycles. The first kappa shape index (κ1) is 23.4. The first-order valence-electron chi connectivity index (χ1n) is 10.9. The van der Waals surface area contributed by atoms with E-state index in [0.29, 0.717) is 28.5 Å². The van der Waals surface area contributed by atoms with Gasteiger partial charge in [0.2, 0.25) is 8.32 Å². The molecule has 0 radical (unpaired) electrons. The summed E-state index contributed by atoms with van der Waals surface area (Å²) in [5, 5.41) is 0. The summed E-state index contributed by atoms with van der Waals surface area (Å²) in [5.74, 6) is 1.38. The average Bonchev–Trinajstić information content (AvgIpc) is 2.52. The van der Waals surface area contributed by atoms with Crippen LogP contribution in [0.25, 0.3) is 0 Å². The fourth-order valence-corrected chi connectivity index (χ4v) is 12.5. The van der Waals surface area contributed by atoms with Gasteiger partial charge in [0, 0.05) is 4.75 Å². The van der Waals surface area contributed by atoms with Crippen LogP contribution in [0.5, 0.6) is 0 Å². The number of fused-ring (bicyclic) bond motifs is 1.